The molecule has 0 unspecified atom stereocenters. The SMILES string of the molecule is Clc1c(CNC2CCOCC2)sc2ccccc12. The van der Waals surface area contributed by atoms with Crippen molar-refractivity contribution >= 4 is 33.0 Å². The van der Waals surface area contributed by atoms with Crippen LogP contribution in [0.1, 0.15) is 17.7 Å². The first-order chi connectivity index (χ1) is 8.84. The zero-order valence-electron chi connectivity index (χ0n) is 10.1. The van der Waals surface area contributed by atoms with Crippen LogP contribution in [0.2, 0.25) is 5.02 Å². The lowest BCUT2D eigenvalue weighted by Crippen LogP contribution is -2.34. The molecule has 96 valence electrons. The molecule has 0 spiro atoms. The van der Waals surface area contributed by atoms with Crippen molar-refractivity contribution in [2.75, 3.05) is 13.2 Å². The van der Waals surface area contributed by atoms with Gasteiger partial charge >= 0.3 is 0 Å². The Kier molecular flexibility index (Phi) is 3.85. The molecule has 1 fully saturated rings. The molecule has 4 heteroatoms. The summed E-state index contributed by atoms with van der Waals surface area (Å²) in [6.07, 6.45) is 2.20. The normalized spacial score (nSPS) is 17.4. The highest BCUT2D eigenvalue weighted by molar-refractivity contribution is 7.19. The summed E-state index contributed by atoms with van der Waals surface area (Å²) in [6, 6.07) is 8.89. The van der Waals surface area contributed by atoms with Crippen molar-refractivity contribution in [1.82, 2.24) is 5.32 Å². The molecule has 2 aromatic rings. The second-order valence-corrected chi connectivity index (χ2v) is 6.12. The molecule has 1 aromatic heterocycles. The lowest BCUT2D eigenvalue weighted by Gasteiger charge is -2.22. The smallest absolute Gasteiger partial charge is 0.0636 e. The number of hydrogen-bond donors (Lipinski definition) is 1. The van der Waals surface area contributed by atoms with E-state index in [1.807, 2.05) is 6.07 Å². The minimum absolute atomic E-state index is 0.569. The van der Waals surface area contributed by atoms with Gasteiger partial charge in [0, 0.05) is 40.8 Å². The molecule has 0 radical (unpaired) electrons. The third-order valence-corrected chi connectivity index (χ3v) is 5.09. The maximum atomic E-state index is 6.42. The lowest BCUT2D eigenvalue weighted by atomic mass is 10.1. The maximum absolute atomic E-state index is 6.42. The highest BCUT2D eigenvalue weighted by Gasteiger charge is 2.15. The van der Waals surface area contributed by atoms with Crippen molar-refractivity contribution < 1.29 is 4.74 Å². The van der Waals surface area contributed by atoms with Crippen LogP contribution in [0.5, 0.6) is 0 Å². The van der Waals surface area contributed by atoms with Gasteiger partial charge in [0.2, 0.25) is 0 Å². The summed E-state index contributed by atoms with van der Waals surface area (Å²) in [5, 5.41) is 5.67. The van der Waals surface area contributed by atoms with Crippen LogP contribution in [0.4, 0.5) is 0 Å². The predicted molar refractivity (Wildman–Crippen MR) is 77.5 cm³/mol. The highest BCUT2D eigenvalue weighted by Crippen LogP contribution is 2.35. The van der Waals surface area contributed by atoms with Gasteiger partial charge in [-0.05, 0) is 18.9 Å². The molecule has 2 heterocycles. The van der Waals surface area contributed by atoms with E-state index in [-0.39, 0.29) is 0 Å². The highest BCUT2D eigenvalue weighted by atomic mass is 35.5. The number of fused-ring (bicyclic) bond motifs is 1. The van der Waals surface area contributed by atoms with Crippen LogP contribution >= 0.6 is 22.9 Å². The van der Waals surface area contributed by atoms with Crippen molar-refractivity contribution in [2.24, 2.45) is 0 Å². The topological polar surface area (TPSA) is 21.3 Å². The Bertz CT molecular complexity index is 534. The van der Waals surface area contributed by atoms with Gasteiger partial charge in [0.15, 0.2) is 0 Å². The number of halogens is 1. The molecule has 0 bridgehead atoms. The molecule has 1 saturated heterocycles. The molecule has 2 nitrogen and oxygen atoms in total. The van der Waals surface area contributed by atoms with Gasteiger partial charge in [-0.2, -0.15) is 0 Å². The molecule has 18 heavy (non-hydrogen) atoms. The molecule has 0 atom stereocenters. The fourth-order valence-electron chi connectivity index (χ4n) is 2.32. The largest absolute Gasteiger partial charge is 0.381 e. The Morgan fingerprint density at radius 1 is 1.28 bits per heavy atom. The van der Waals surface area contributed by atoms with Crippen LogP contribution in [0.3, 0.4) is 0 Å². The molecule has 1 aliphatic heterocycles. The van der Waals surface area contributed by atoms with Gasteiger partial charge in [-0.25, -0.2) is 0 Å². The van der Waals surface area contributed by atoms with E-state index in [4.69, 9.17) is 16.3 Å². The Morgan fingerprint density at radius 3 is 2.83 bits per heavy atom. The Morgan fingerprint density at radius 2 is 2.06 bits per heavy atom. The van der Waals surface area contributed by atoms with Crippen LogP contribution in [0.15, 0.2) is 24.3 Å². The Hall–Kier alpha value is -0.610. The number of thiophene rings is 1. The van der Waals surface area contributed by atoms with Crippen molar-refractivity contribution in [3.8, 4) is 0 Å². The summed E-state index contributed by atoms with van der Waals surface area (Å²) in [7, 11) is 0. The van der Waals surface area contributed by atoms with Crippen molar-refractivity contribution in [3.05, 3.63) is 34.2 Å². The van der Waals surface area contributed by atoms with Gasteiger partial charge in [0.05, 0.1) is 5.02 Å². The van der Waals surface area contributed by atoms with E-state index in [1.54, 1.807) is 11.3 Å². The fraction of sp³-hybridized carbons (Fsp3) is 0.429. The summed E-state index contributed by atoms with van der Waals surface area (Å²) in [4.78, 5) is 1.24. The Labute approximate surface area is 116 Å². The van der Waals surface area contributed by atoms with Gasteiger partial charge in [0.1, 0.15) is 0 Å². The third-order valence-electron chi connectivity index (χ3n) is 3.37. The van der Waals surface area contributed by atoms with Crippen LogP contribution < -0.4 is 5.32 Å². The molecular weight excluding hydrogens is 266 g/mol. The lowest BCUT2D eigenvalue weighted by molar-refractivity contribution is 0.0777. The van der Waals surface area contributed by atoms with Gasteiger partial charge in [-0.15, -0.1) is 11.3 Å². The van der Waals surface area contributed by atoms with Crippen molar-refractivity contribution in [1.29, 1.82) is 0 Å². The van der Waals surface area contributed by atoms with E-state index in [1.165, 1.54) is 15.0 Å². The minimum Gasteiger partial charge on any atom is -0.381 e. The molecule has 1 aliphatic rings. The molecule has 0 aliphatic carbocycles. The van der Waals surface area contributed by atoms with E-state index in [9.17, 15) is 0 Å². The van der Waals surface area contributed by atoms with Gasteiger partial charge in [-0.1, -0.05) is 29.8 Å². The van der Waals surface area contributed by atoms with E-state index < -0.39 is 0 Å². The summed E-state index contributed by atoms with van der Waals surface area (Å²) < 4.78 is 6.63. The zero-order chi connectivity index (χ0) is 12.4. The van der Waals surface area contributed by atoms with Crippen LogP contribution in [0.25, 0.3) is 10.1 Å². The van der Waals surface area contributed by atoms with Crippen LogP contribution in [-0.2, 0) is 11.3 Å². The van der Waals surface area contributed by atoms with Gasteiger partial charge in [-0.3, -0.25) is 0 Å². The number of benzene rings is 1. The molecule has 1 N–H and O–H groups in total. The summed E-state index contributed by atoms with van der Waals surface area (Å²) in [6.45, 7) is 2.61. The zero-order valence-corrected chi connectivity index (χ0v) is 11.7. The first-order valence-corrected chi connectivity index (χ1v) is 7.51. The quantitative estimate of drug-likeness (QED) is 0.923. The molecule has 0 saturated carbocycles. The van der Waals surface area contributed by atoms with Crippen LogP contribution in [-0.4, -0.2) is 19.3 Å². The predicted octanol–water partition coefficient (Wildman–Crippen LogP) is 3.82. The van der Waals surface area contributed by atoms with Gasteiger partial charge < -0.3 is 10.1 Å². The first kappa shape index (κ1) is 12.4. The summed E-state index contributed by atoms with van der Waals surface area (Å²) in [5.41, 5.74) is 0. The number of ether oxygens (including phenoxy) is 1. The number of nitrogens with one attached hydrogen (secondary N) is 1. The number of hydrogen-bond acceptors (Lipinski definition) is 3. The van der Waals surface area contributed by atoms with E-state index >= 15 is 0 Å². The molecule has 0 amide bonds. The fourth-order valence-corrected chi connectivity index (χ4v) is 3.77. The minimum atomic E-state index is 0.569. The van der Waals surface area contributed by atoms with E-state index in [0.717, 1.165) is 37.6 Å². The molecule has 1 aromatic carbocycles. The third kappa shape index (κ3) is 2.54. The standard InChI is InChI=1S/C14H16ClNOS/c15-14-11-3-1-2-4-12(11)18-13(14)9-16-10-5-7-17-8-6-10/h1-4,10,16H,5-9H2. The Balaban J connectivity index is 1.72. The van der Waals surface area contributed by atoms with Crippen molar-refractivity contribution in [3.63, 3.8) is 0 Å². The van der Waals surface area contributed by atoms with Crippen molar-refractivity contribution in [2.45, 2.75) is 25.4 Å². The second kappa shape index (κ2) is 5.57. The second-order valence-electron chi connectivity index (χ2n) is 4.60. The van der Waals surface area contributed by atoms with Gasteiger partial charge in [0.25, 0.3) is 0 Å². The average Bonchev–Trinajstić information content (AvgIpc) is 2.75. The summed E-state index contributed by atoms with van der Waals surface area (Å²) in [5.74, 6) is 0. The maximum Gasteiger partial charge on any atom is 0.0636 e. The van der Waals surface area contributed by atoms with Crippen LogP contribution in [0, 0.1) is 0 Å². The van der Waals surface area contributed by atoms with E-state index in [2.05, 4.69) is 23.5 Å². The molecule has 3 rings (SSSR count). The summed E-state index contributed by atoms with van der Waals surface area (Å²) >= 11 is 8.21. The average molecular weight is 282 g/mol. The monoisotopic (exact) mass is 281 g/mol. The van der Waals surface area contributed by atoms with E-state index in [0.29, 0.717) is 6.04 Å². The first-order valence-electron chi connectivity index (χ1n) is 6.31. The molecular formula is C14H16ClNOS. The number of rotatable bonds is 3.